The van der Waals surface area contributed by atoms with E-state index >= 15 is 0 Å². The highest BCUT2D eigenvalue weighted by molar-refractivity contribution is 5.85. The van der Waals surface area contributed by atoms with Gasteiger partial charge in [0.2, 0.25) is 5.91 Å². The molecule has 128 valence electrons. The Bertz CT molecular complexity index is 669. The van der Waals surface area contributed by atoms with Crippen molar-refractivity contribution in [1.82, 2.24) is 10.2 Å². The fourth-order valence-corrected chi connectivity index (χ4v) is 3.56. The zero-order chi connectivity index (χ0) is 16.8. The summed E-state index contributed by atoms with van der Waals surface area (Å²) in [6.07, 6.45) is 4.15. The van der Waals surface area contributed by atoms with Gasteiger partial charge < -0.3 is 5.32 Å². The van der Waals surface area contributed by atoms with Gasteiger partial charge in [0.15, 0.2) is 0 Å². The van der Waals surface area contributed by atoms with Crippen LogP contribution in [0.25, 0.3) is 10.8 Å². The minimum atomic E-state index is 0.200. The van der Waals surface area contributed by atoms with Crippen molar-refractivity contribution in [2.45, 2.75) is 39.2 Å². The van der Waals surface area contributed by atoms with E-state index in [1.807, 2.05) is 0 Å². The standard InChI is InChI=1S/C21H28N2O/c1-2-3-13-22-21(24)18-11-14-23(15-12-18)16-19-9-6-8-17-7-4-5-10-20(17)19/h4-10,18H,2-3,11-16H2,1H3,(H,22,24). The Morgan fingerprint density at radius 1 is 1.12 bits per heavy atom. The van der Waals surface area contributed by atoms with Gasteiger partial charge in [-0.05, 0) is 48.7 Å². The average molecular weight is 324 g/mol. The van der Waals surface area contributed by atoms with Gasteiger partial charge in [-0.25, -0.2) is 0 Å². The van der Waals surface area contributed by atoms with Crippen molar-refractivity contribution < 1.29 is 4.79 Å². The van der Waals surface area contributed by atoms with Crippen molar-refractivity contribution in [1.29, 1.82) is 0 Å². The molecule has 3 nitrogen and oxygen atoms in total. The predicted octanol–water partition coefficient (Wildman–Crippen LogP) is 3.97. The summed E-state index contributed by atoms with van der Waals surface area (Å²) in [5.74, 6) is 0.457. The Balaban J connectivity index is 1.54. The SMILES string of the molecule is CCCCNC(=O)C1CCN(Cc2cccc3ccccc23)CC1. The number of likely N-dealkylation sites (tertiary alicyclic amines) is 1. The Kier molecular flexibility index (Phi) is 5.86. The van der Waals surface area contributed by atoms with Crippen molar-refractivity contribution in [2.24, 2.45) is 5.92 Å². The molecular formula is C21H28N2O. The maximum Gasteiger partial charge on any atom is 0.223 e. The number of carbonyl (C=O) groups excluding carboxylic acids is 1. The molecule has 24 heavy (non-hydrogen) atoms. The van der Waals surface area contributed by atoms with Crippen LogP contribution in [0.2, 0.25) is 0 Å². The van der Waals surface area contributed by atoms with Crippen LogP contribution in [0.5, 0.6) is 0 Å². The van der Waals surface area contributed by atoms with Crippen LogP contribution in [0, 0.1) is 5.92 Å². The first-order chi connectivity index (χ1) is 11.8. The van der Waals surface area contributed by atoms with Gasteiger partial charge in [0.05, 0.1) is 0 Å². The minimum absolute atomic E-state index is 0.200. The largest absolute Gasteiger partial charge is 0.356 e. The first-order valence-electron chi connectivity index (χ1n) is 9.24. The summed E-state index contributed by atoms with van der Waals surface area (Å²) in [5, 5.41) is 5.74. The van der Waals surface area contributed by atoms with E-state index in [1.54, 1.807) is 0 Å². The molecule has 0 saturated carbocycles. The third kappa shape index (κ3) is 4.15. The van der Waals surface area contributed by atoms with Crippen molar-refractivity contribution in [3.05, 3.63) is 48.0 Å². The van der Waals surface area contributed by atoms with Gasteiger partial charge in [-0.1, -0.05) is 55.8 Å². The number of rotatable bonds is 6. The van der Waals surface area contributed by atoms with Crippen LogP contribution in [-0.4, -0.2) is 30.4 Å². The number of nitrogens with one attached hydrogen (secondary N) is 1. The molecule has 1 saturated heterocycles. The summed E-state index contributed by atoms with van der Waals surface area (Å²) in [7, 11) is 0. The highest BCUT2D eigenvalue weighted by Gasteiger charge is 2.24. The van der Waals surface area contributed by atoms with Gasteiger partial charge in [0, 0.05) is 19.0 Å². The average Bonchev–Trinajstić information content (AvgIpc) is 2.63. The topological polar surface area (TPSA) is 32.3 Å². The number of fused-ring (bicyclic) bond motifs is 1. The third-order valence-electron chi connectivity index (χ3n) is 5.06. The van der Waals surface area contributed by atoms with Crippen molar-refractivity contribution in [3.63, 3.8) is 0 Å². The Hall–Kier alpha value is -1.87. The summed E-state index contributed by atoms with van der Waals surface area (Å²) in [5.41, 5.74) is 1.39. The molecule has 1 N–H and O–H groups in total. The number of nitrogens with zero attached hydrogens (tertiary/aromatic N) is 1. The molecule has 1 fully saturated rings. The van der Waals surface area contributed by atoms with Crippen LogP contribution < -0.4 is 5.32 Å². The second-order valence-electron chi connectivity index (χ2n) is 6.83. The fourth-order valence-electron chi connectivity index (χ4n) is 3.56. The summed E-state index contributed by atoms with van der Waals surface area (Å²) < 4.78 is 0. The number of benzene rings is 2. The molecule has 3 heteroatoms. The minimum Gasteiger partial charge on any atom is -0.356 e. The number of hydrogen-bond acceptors (Lipinski definition) is 2. The van der Waals surface area contributed by atoms with Crippen molar-refractivity contribution in [2.75, 3.05) is 19.6 Å². The molecule has 1 aliphatic heterocycles. The molecule has 0 unspecified atom stereocenters. The smallest absolute Gasteiger partial charge is 0.223 e. The first-order valence-corrected chi connectivity index (χ1v) is 9.24. The maximum absolute atomic E-state index is 12.2. The monoisotopic (exact) mass is 324 g/mol. The lowest BCUT2D eigenvalue weighted by Crippen LogP contribution is -2.40. The second kappa shape index (κ2) is 8.29. The van der Waals surface area contributed by atoms with E-state index < -0.39 is 0 Å². The Labute approximate surface area is 145 Å². The van der Waals surface area contributed by atoms with Crippen molar-refractivity contribution >= 4 is 16.7 Å². The maximum atomic E-state index is 12.2. The second-order valence-corrected chi connectivity index (χ2v) is 6.83. The molecule has 0 bridgehead atoms. The lowest BCUT2D eigenvalue weighted by atomic mass is 9.95. The van der Waals surface area contributed by atoms with E-state index in [-0.39, 0.29) is 11.8 Å². The van der Waals surface area contributed by atoms with E-state index in [4.69, 9.17) is 0 Å². The number of unbranched alkanes of at least 4 members (excludes halogenated alkanes) is 1. The van der Waals surface area contributed by atoms with Crippen LogP contribution in [0.3, 0.4) is 0 Å². The fraction of sp³-hybridized carbons (Fsp3) is 0.476. The van der Waals surface area contributed by atoms with E-state index in [1.165, 1.54) is 16.3 Å². The molecule has 2 aromatic rings. The molecule has 0 radical (unpaired) electrons. The molecule has 3 rings (SSSR count). The lowest BCUT2D eigenvalue weighted by Gasteiger charge is -2.31. The van der Waals surface area contributed by atoms with Crippen LogP contribution in [0.4, 0.5) is 0 Å². The van der Waals surface area contributed by atoms with Crippen molar-refractivity contribution in [3.8, 4) is 0 Å². The molecule has 1 heterocycles. The molecule has 0 aliphatic carbocycles. The van der Waals surface area contributed by atoms with E-state index in [2.05, 4.69) is 59.6 Å². The van der Waals surface area contributed by atoms with E-state index in [0.717, 1.165) is 51.9 Å². The number of amides is 1. The molecule has 0 aromatic heterocycles. The quantitative estimate of drug-likeness (QED) is 0.816. The molecule has 1 amide bonds. The molecular weight excluding hydrogens is 296 g/mol. The molecule has 2 aromatic carbocycles. The van der Waals surface area contributed by atoms with Crippen LogP contribution in [-0.2, 0) is 11.3 Å². The van der Waals surface area contributed by atoms with Crippen LogP contribution >= 0.6 is 0 Å². The van der Waals surface area contributed by atoms with Gasteiger partial charge in [0.1, 0.15) is 0 Å². The van der Waals surface area contributed by atoms with Gasteiger partial charge in [-0.15, -0.1) is 0 Å². The Morgan fingerprint density at radius 3 is 2.67 bits per heavy atom. The van der Waals surface area contributed by atoms with E-state index in [9.17, 15) is 4.79 Å². The van der Waals surface area contributed by atoms with Gasteiger partial charge in [-0.3, -0.25) is 9.69 Å². The summed E-state index contributed by atoms with van der Waals surface area (Å²) in [6, 6.07) is 15.1. The van der Waals surface area contributed by atoms with Crippen LogP contribution in [0.1, 0.15) is 38.2 Å². The molecule has 0 spiro atoms. The zero-order valence-electron chi connectivity index (χ0n) is 14.6. The van der Waals surface area contributed by atoms with Gasteiger partial charge >= 0.3 is 0 Å². The molecule has 0 atom stereocenters. The molecule has 1 aliphatic rings. The summed E-state index contributed by atoms with van der Waals surface area (Å²) >= 11 is 0. The zero-order valence-corrected chi connectivity index (χ0v) is 14.6. The Morgan fingerprint density at radius 2 is 1.88 bits per heavy atom. The van der Waals surface area contributed by atoms with Crippen LogP contribution in [0.15, 0.2) is 42.5 Å². The van der Waals surface area contributed by atoms with Gasteiger partial charge in [-0.2, -0.15) is 0 Å². The number of hydrogen-bond donors (Lipinski definition) is 1. The number of carbonyl (C=O) groups is 1. The highest BCUT2D eigenvalue weighted by Crippen LogP contribution is 2.23. The predicted molar refractivity (Wildman–Crippen MR) is 99.9 cm³/mol. The number of piperidine rings is 1. The first kappa shape index (κ1) is 17.0. The van der Waals surface area contributed by atoms with E-state index in [0.29, 0.717) is 0 Å². The normalized spacial score (nSPS) is 16.4. The summed E-state index contributed by atoms with van der Waals surface area (Å²) in [4.78, 5) is 14.7. The highest BCUT2D eigenvalue weighted by atomic mass is 16.1. The van der Waals surface area contributed by atoms with Gasteiger partial charge in [0.25, 0.3) is 0 Å². The lowest BCUT2D eigenvalue weighted by molar-refractivity contribution is -0.126. The third-order valence-corrected chi connectivity index (χ3v) is 5.06. The summed E-state index contributed by atoms with van der Waals surface area (Å²) in [6.45, 7) is 5.97.